The van der Waals surface area contributed by atoms with Crippen molar-refractivity contribution in [2.75, 3.05) is 13.1 Å². The number of aromatic amines is 1. The Morgan fingerprint density at radius 2 is 2.03 bits per heavy atom. The Balaban J connectivity index is 1.89. The van der Waals surface area contributed by atoms with Crippen LogP contribution in [0.25, 0.3) is 0 Å². The monoisotopic (exact) mass is 408 g/mol. The number of hydrogen-bond donors (Lipinski definition) is 6. The summed E-state index contributed by atoms with van der Waals surface area (Å²) in [6.07, 6.45) is 4.55. The number of imidazole rings is 1. The molecule has 6 N–H and O–H groups in total. The van der Waals surface area contributed by atoms with Crippen LogP contribution in [0.15, 0.2) is 12.5 Å². The zero-order valence-corrected chi connectivity index (χ0v) is 16.5. The third kappa shape index (κ3) is 6.86. The molecule has 11 heteroatoms. The molecule has 1 saturated heterocycles. The maximum atomic E-state index is 12.6. The Morgan fingerprint density at radius 3 is 2.59 bits per heavy atom. The van der Waals surface area contributed by atoms with E-state index in [0.717, 1.165) is 19.4 Å². The molecule has 0 radical (unpaired) electrons. The summed E-state index contributed by atoms with van der Waals surface area (Å²) in [5.41, 5.74) is 0.561. The number of amides is 3. The van der Waals surface area contributed by atoms with Crippen LogP contribution in [0.3, 0.4) is 0 Å². The summed E-state index contributed by atoms with van der Waals surface area (Å²) in [7, 11) is 0. The van der Waals surface area contributed by atoms with Crippen molar-refractivity contribution in [2.45, 2.75) is 51.2 Å². The molecule has 29 heavy (non-hydrogen) atoms. The number of rotatable bonds is 10. The molecule has 1 aliphatic rings. The first-order valence-electron chi connectivity index (χ1n) is 9.58. The number of hydrogen-bond acceptors (Lipinski definition) is 6. The molecule has 3 atom stereocenters. The SMILES string of the molecule is CC(C)C(NC(=O)CNC(=O)C1CCCN1)C(=O)NC(Cc1cnc[nH]1)C(=O)O. The number of aliphatic carboxylic acids is 1. The summed E-state index contributed by atoms with van der Waals surface area (Å²) in [5, 5.41) is 20.0. The highest BCUT2D eigenvalue weighted by molar-refractivity contribution is 5.92. The van der Waals surface area contributed by atoms with Crippen LogP contribution in [0.5, 0.6) is 0 Å². The smallest absolute Gasteiger partial charge is 0.326 e. The summed E-state index contributed by atoms with van der Waals surface area (Å²) < 4.78 is 0. The van der Waals surface area contributed by atoms with E-state index in [1.54, 1.807) is 13.8 Å². The molecule has 0 bridgehead atoms. The molecule has 1 aromatic rings. The highest BCUT2D eigenvalue weighted by Crippen LogP contribution is 2.06. The third-order valence-electron chi connectivity index (χ3n) is 4.66. The molecule has 0 spiro atoms. The van der Waals surface area contributed by atoms with Gasteiger partial charge in [-0.2, -0.15) is 0 Å². The van der Waals surface area contributed by atoms with Crippen molar-refractivity contribution in [3.05, 3.63) is 18.2 Å². The normalized spacial score (nSPS) is 18.1. The van der Waals surface area contributed by atoms with Gasteiger partial charge < -0.3 is 31.4 Å². The molecular formula is C18H28N6O5. The Bertz CT molecular complexity index is 714. The highest BCUT2D eigenvalue weighted by Gasteiger charge is 2.29. The average Bonchev–Trinajstić information content (AvgIpc) is 3.36. The lowest BCUT2D eigenvalue weighted by atomic mass is 10.0. The predicted molar refractivity (Wildman–Crippen MR) is 103 cm³/mol. The van der Waals surface area contributed by atoms with Gasteiger partial charge in [-0.05, 0) is 25.3 Å². The summed E-state index contributed by atoms with van der Waals surface area (Å²) in [6, 6.07) is -2.41. The summed E-state index contributed by atoms with van der Waals surface area (Å²) in [4.78, 5) is 54.9. The summed E-state index contributed by atoms with van der Waals surface area (Å²) in [6.45, 7) is 3.97. The first kappa shape index (κ1) is 22.3. The number of aromatic nitrogens is 2. The fraction of sp³-hybridized carbons (Fsp3) is 0.611. The maximum absolute atomic E-state index is 12.6. The van der Waals surface area contributed by atoms with Gasteiger partial charge in [0, 0.05) is 18.3 Å². The lowest BCUT2D eigenvalue weighted by molar-refractivity contribution is -0.142. The molecule has 0 aromatic carbocycles. The van der Waals surface area contributed by atoms with Crippen molar-refractivity contribution in [1.82, 2.24) is 31.2 Å². The van der Waals surface area contributed by atoms with Crippen LogP contribution >= 0.6 is 0 Å². The topological polar surface area (TPSA) is 165 Å². The lowest BCUT2D eigenvalue weighted by Gasteiger charge is -2.24. The van der Waals surface area contributed by atoms with E-state index in [9.17, 15) is 24.3 Å². The van der Waals surface area contributed by atoms with Crippen LogP contribution in [0.2, 0.25) is 0 Å². The second-order valence-corrected chi connectivity index (χ2v) is 7.34. The molecule has 11 nitrogen and oxygen atoms in total. The molecular weight excluding hydrogens is 380 g/mol. The third-order valence-corrected chi connectivity index (χ3v) is 4.66. The van der Waals surface area contributed by atoms with Gasteiger partial charge >= 0.3 is 5.97 Å². The molecule has 2 rings (SSSR count). The van der Waals surface area contributed by atoms with E-state index in [0.29, 0.717) is 5.69 Å². The summed E-state index contributed by atoms with van der Waals surface area (Å²) in [5.74, 6) is -2.87. The Labute approximate surface area is 168 Å². The molecule has 0 saturated carbocycles. The maximum Gasteiger partial charge on any atom is 0.326 e. The molecule has 160 valence electrons. The van der Waals surface area contributed by atoms with Gasteiger partial charge in [0.25, 0.3) is 0 Å². The Hall–Kier alpha value is -2.95. The van der Waals surface area contributed by atoms with Crippen molar-refractivity contribution in [1.29, 1.82) is 0 Å². The van der Waals surface area contributed by atoms with Gasteiger partial charge in [-0.15, -0.1) is 0 Å². The molecule has 1 fully saturated rings. The van der Waals surface area contributed by atoms with Crippen LogP contribution in [-0.2, 0) is 25.6 Å². The van der Waals surface area contributed by atoms with Crippen LogP contribution in [-0.4, -0.2) is 70.0 Å². The Morgan fingerprint density at radius 1 is 1.28 bits per heavy atom. The van der Waals surface area contributed by atoms with E-state index in [4.69, 9.17) is 0 Å². The summed E-state index contributed by atoms with van der Waals surface area (Å²) >= 11 is 0. The number of carbonyl (C=O) groups excluding carboxylic acids is 3. The van der Waals surface area contributed by atoms with Gasteiger partial charge in [-0.25, -0.2) is 9.78 Å². The van der Waals surface area contributed by atoms with Crippen molar-refractivity contribution < 1.29 is 24.3 Å². The van der Waals surface area contributed by atoms with Crippen LogP contribution in [0.1, 0.15) is 32.4 Å². The number of carboxylic acids is 1. The molecule has 1 aliphatic heterocycles. The number of nitrogens with one attached hydrogen (secondary N) is 5. The van der Waals surface area contributed by atoms with Crippen LogP contribution < -0.4 is 21.3 Å². The van der Waals surface area contributed by atoms with Crippen molar-refractivity contribution >= 4 is 23.7 Å². The van der Waals surface area contributed by atoms with Crippen molar-refractivity contribution in [3.63, 3.8) is 0 Å². The molecule has 0 aliphatic carbocycles. The molecule has 3 unspecified atom stereocenters. The average molecular weight is 408 g/mol. The first-order chi connectivity index (χ1) is 13.8. The van der Waals surface area contributed by atoms with E-state index in [2.05, 4.69) is 31.2 Å². The Kier molecular flexibility index (Phi) is 8.13. The van der Waals surface area contributed by atoms with Gasteiger partial charge in [0.2, 0.25) is 17.7 Å². The first-order valence-corrected chi connectivity index (χ1v) is 9.58. The van der Waals surface area contributed by atoms with Crippen molar-refractivity contribution in [3.8, 4) is 0 Å². The highest BCUT2D eigenvalue weighted by atomic mass is 16.4. The van der Waals surface area contributed by atoms with Crippen molar-refractivity contribution in [2.24, 2.45) is 5.92 Å². The van der Waals surface area contributed by atoms with Crippen LogP contribution in [0.4, 0.5) is 0 Å². The van der Waals surface area contributed by atoms with Crippen LogP contribution in [0, 0.1) is 5.92 Å². The van der Waals surface area contributed by atoms with E-state index >= 15 is 0 Å². The minimum Gasteiger partial charge on any atom is -0.480 e. The van der Waals surface area contributed by atoms with Gasteiger partial charge in [-0.1, -0.05) is 13.8 Å². The molecule has 2 heterocycles. The fourth-order valence-corrected chi connectivity index (χ4v) is 3.04. The number of carbonyl (C=O) groups is 4. The fourth-order valence-electron chi connectivity index (χ4n) is 3.04. The standard InChI is InChI=1S/C18H28N6O5/c1-10(2)15(24-14(25)8-21-16(26)12-4-3-5-20-12)17(27)23-13(18(28)29)6-11-7-19-9-22-11/h7,9-10,12-13,15,20H,3-6,8H2,1-2H3,(H,19,22)(H,21,26)(H,23,27)(H,24,25)(H,28,29). The van der Waals surface area contributed by atoms with E-state index < -0.39 is 29.9 Å². The number of carboxylic acid groups (broad SMARTS) is 1. The van der Waals surface area contributed by atoms with Gasteiger partial charge in [0.1, 0.15) is 12.1 Å². The van der Waals surface area contributed by atoms with E-state index in [1.165, 1.54) is 12.5 Å². The quantitative estimate of drug-likeness (QED) is 0.275. The predicted octanol–water partition coefficient (Wildman–Crippen LogP) is -1.47. The lowest BCUT2D eigenvalue weighted by Crippen LogP contribution is -2.55. The van der Waals surface area contributed by atoms with Gasteiger partial charge in [-0.3, -0.25) is 14.4 Å². The van der Waals surface area contributed by atoms with Gasteiger partial charge in [0.05, 0.1) is 18.9 Å². The second-order valence-electron chi connectivity index (χ2n) is 7.34. The number of H-pyrrole nitrogens is 1. The number of nitrogens with zero attached hydrogens (tertiary/aromatic N) is 1. The van der Waals surface area contributed by atoms with Gasteiger partial charge in [0.15, 0.2) is 0 Å². The largest absolute Gasteiger partial charge is 0.480 e. The minimum absolute atomic E-state index is 0.0320. The molecule has 1 aromatic heterocycles. The molecule has 3 amide bonds. The van der Waals surface area contributed by atoms with E-state index in [-0.39, 0.29) is 30.8 Å². The second kappa shape index (κ2) is 10.6. The zero-order valence-electron chi connectivity index (χ0n) is 16.5. The zero-order chi connectivity index (χ0) is 21.4. The minimum atomic E-state index is -1.20. The van der Waals surface area contributed by atoms with E-state index in [1.807, 2.05) is 0 Å².